The molecule has 3 aromatic rings. The van der Waals surface area contributed by atoms with E-state index in [4.69, 9.17) is 4.42 Å². The average Bonchev–Trinajstić information content (AvgIpc) is 3.27. The summed E-state index contributed by atoms with van der Waals surface area (Å²) in [5, 5.41) is 1.02. The lowest BCUT2D eigenvalue weighted by Gasteiger charge is -2.01. The smallest absolute Gasteiger partial charge is 0.201 e. The first-order chi connectivity index (χ1) is 10.3. The molecule has 1 aliphatic carbocycles. The Balaban J connectivity index is 1.64. The maximum atomic E-state index is 12.1. The van der Waals surface area contributed by atoms with Gasteiger partial charge in [0.25, 0.3) is 0 Å². The Morgan fingerprint density at radius 2 is 1.81 bits per heavy atom. The Labute approximate surface area is 123 Å². The number of rotatable bonds is 4. The van der Waals surface area contributed by atoms with Crippen LogP contribution in [-0.4, -0.2) is 5.78 Å². The van der Waals surface area contributed by atoms with Crippen LogP contribution >= 0.6 is 0 Å². The van der Waals surface area contributed by atoms with Crippen molar-refractivity contribution in [1.82, 2.24) is 0 Å². The fourth-order valence-electron chi connectivity index (χ4n) is 2.70. The summed E-state index contributed by atoms with van der Waals surface area (Å²) in [6.45, 7) is 0. The van der Waals surface area contributed by atoms with Gasteiger partial charge in [-0.15, -0.1) is 0 Å². The highest BCUT2D eigenvalue weighted by Crippen LogP contribution is 2.34. The molecule has 1 aromatic heterocycles. The Morgan fingerprint density at radius 3 is 2.57 bits per heavy atom. The molecule has 0 bridgehead atoms. The highest BCUT2D eigenvalue weighted by atomic mass is 16.3. The molecule has 1 saturated carbocycles. The van der Waals surface area contributed by atoms with Gasteiger partial charge < -0.3 is 4.42 Å². The van der Waals surface area contributed by atoms with E-state index in [0.29, 0.717) is 5.76 Å². The number of benzene rings is 2. The zero-order valence-electron chi connectivity index (χ0n) is 11.7. The highest BCUT2D eigenvalue weighted by molar-refractivity contribution is 6.00. The molecule has 2 aromatic carbocycles. The summed E-state index contributed by atoms with van der Waals surface area (Å²) in [7, 11) is 0. The van der Waals surface area contributed by atoms with Gasteiger partial charge in [0.2, 0.25) is 5.78 Å². The summed E-state index contributed by atoms with van der Waals surface area (Å²) in [6.07, 6.45) is 2.91. The number of carbonyl (C=O) groups is 1. The molecule has 104 valence electrons. The number of fused-ring (bicyclic) bond motifs is 1. The van der Waals surface area contributed by atoms with Crippen LogP contribution in [-0.2, 0) is 6.42 Å². The SMILES string of the molecule is O=C(c1cc2cc(Cc3ccccc3)ccc2o1)C1CC1. The Kier molecular flexibility index (Phi) is 2.88. The summed E-state index contributed by atoms with van der Waals surface area (Å²) in [4.78, 5) is 12.1. The van der Waals surface area contributed by atoms with Gasteiger partial charge in [0, 0.05) is 11.3 Å². The second kappa shape index (κ2) is 4.88. The lowest BCUT2D eigenvalue weighted by atomic mass is 10.0. The van der Waals surface area contributed by atoms with E-state index in [1.165, 1.54) is 11.1 Å². The molecule has 0 aliphatic heterocycles. The van der Waals surface area contributed by atoms with Crippen LogP contribution in [0.25, 0.3) is 11.0 Å². The number of hydrogen-bond acceptors (Lipinski definition) is 2. The number of Topliss-reactive ketones (excluding diaryl/α,β-unsaturated/α-hetero) is 1. The van der Waals surface area contributed by atoms with Crippen molar-refractivity contribution in [3.8, 4) is 0 Å². The predicted octanol–water partition coefficient (Wildman–Crippen LogP) is 4.62. The molecule has 1 fully saturated rings. The van der Waals surface area contributed by atoms with Gasteiger partial charge in [0.1, 0.15) is 5.58 Å². The predicted molar refractivity (Wildman–Crippen MR) is 82.5 cm³/mol. The van der Waals surface area contributed by atoms with Crippen molar-refractivity contribution < 1.29 is 9.21 Å². The quantitative estimate of drug-likeness (QED) is 0.651. The molecule has 0 saturated heterocycles. The minimum absolute atomic E-state index is 0.163. The Morgan fingerprint density at radius 1 is 1.00 bits per heavy atom. The molecular weight excluding hydrogens is 260 g/mol. The molecule has 21 heavy (non-hydrogen) atoms. The highest BCUT2D eigenvalue weighted by Gasteiger charge is 2.32. The molecule has 2 nitrogen and oxygen atoms in total. The van der Waals surface area contributed by atoms with Crippen LogP contribution in [0, 0.1) is 5.92 Å². The molecule has 1 heterocycles. The third-order valence-electron chi connectivity index (χ3n) is 4.02. The zero-order chi connectivity index (χ0) is 14.2. The third kappa shape index (κ3) is 2.49. The maximum absolute atomic E-state index is 12.1. The maximum Gasteiger partial charge on any atom is 0.201 e. The van der Waals surface area contributed by atoms with E-state index < -0.39 is 0 Å². The lowest BCUT2D eigenvalue weighted by Crippen LogP contribution is -1.98. The Bertz CT molecular complexity index is 795. The van der Waals surface area contributed by atoms with E-state index in [-0.39, 0.29) is 11.7 Å². The molecule has 0 spiro atoms. The van der Waals surface area contributed by atoms with Gasteiger partial charge in [0.15, 0.2) is 5.76 Å². The average molecular weight is 276 g/mol. The summed E-state index contributed by atoms with van der Waals surface area (Å²) in [5.74, 6) is 0.884. The van der Waals surface area contributed by atoms with E-state index in [0.717, 1.165) is 30.2 Å². The van der Waals surface area contributed by atoms with Gasteiger partial charge in [-0.25, -0.2) is 0 Å². The van der Waals surface area contributed by atoms with E-state index in [1.807, 2.05) is 18.2 Å². The van der Waals surface area contributed by atoms with Crippen molar-refractivity contribution in [3.05, 3.63) is 71.5 Å². The zero-order valence-corrected chi connectivity index (χ0v) is 11.7. The number of ketones is 1. The van der Waals surface area contributed by atoms with Crippen LogP contribution in [0.1, 0.15) is 34.5 Å². The molecule has 4 rings (SSSR count). The fourth-order valence-corrected chi connectivity index (χ4v) is 2.70. The van der Waals surface area contributed by atoms with Crippen molar-refractivity contribution in [2.75, 3.05) is 0 Å². The van der Waals surface area contributed by atoms with Crippen LogP contribution in [0.4, 0.5) is 0 Å². The molecule has 0 N–H and O–H groups in total. The van der Waals surface area contributed by atoms with E-state index in [2.05, 4.69) is 36.4 Å². The first-order valence-electron chi connectivity index (χ1n) is 7.40. The van der Waals surface area contributed by atoms with Gasteiger partial charge in [-0.1, -0.05) is 36.4 Å². The lowest BCUT2D eigenvalue weighted by molar-refractivity contribution is 0.0942. The molecular formula is C19H16O2. The van der Waals surface area contributed by atoms with Crippen molar-refractivity contribution in [2.24, 2.45) is 5.92 Å². The van der Waals surface area contributed by atoms with Crippen LogP contribution in [0.5, 0.6) is 0 Å². The fraction of sp³-hybridized carbons (Fsp3) is 0.211. The van der Waals surface area contributed by atoms with Crippen LogP contribution < -0.4 is 0 Å². The molecule has 0 radical (unpaired) electrons. The monoisotopic (exact) mass is 276 g/mol. The first kappa shape index (κ1) is 12.4. The van der Waals surface area contributed by atoms with Crippen LogP contribution in [0.2, 0.25) is 0 Å². The summed E-state index contributed by atoms with van der Waals surface area (Å²) < 4.78 is 5.69. The second-order valence-corrected chi connectivity index (χ2v) is 5.78. The summed E-state index contributed by atoms with van der Waals surface area (Å²) >= 11 is 0. The summed E-state index contributed by atoms with van der Waals surface area (Å²) in [5.41, 5.74) is 3.32. The molecule has 0 unspecified atom stereocenters. The van der Waals surface area contributed by atoms with Crippen LogP contribution in [0.15, 0.2) is 59.0 Å². The topological polar surface area (TPSA) is 30.2 Å². The number of furan rings is 1. The molecule has 0 atom stereocenters. The van der Waals surface area contributed by atoms with Gasteiger partial charge in [-0.2, -0.15) is 0 Å². The molecule has 0 amide bonds. The molecule has 1 aliphatic rings. The van der Waals surface area contributed by atoms with Gasteiger partial charge in [-0.05, 0) is 48.6 Å². The minimum Gasteiger partial charge on any atom is -0.453 e. The van der Waals surface area contributed by atoms with Gasteiger partial charge in [0.05, 0.1) is 0 Å². The van der Waals surface area contributed by atoms with Crippen molar-refractivity contribution >= 4 is 16.8 Å². The number of hydrogen-bond donors (Lipinski definition) is 0. The minimum atomic E-state index is 0.163. The third-order valence-corrected chi connectivity index (χ3v) is 4.02. The first-order valence-corrected chi connectivity index (χ1v) is 7.40. The second-order valence-electron chi connectivity index (χ2n) is 5.78. The summed E-state index contributed by atoms with van der Waals surface area (Å²) in [6, 6.07) is 18.4. The standard InChI is InChI=1S/C19H16O2/c20-19(15-7-8-15)18-12-16-11-14(6-9-17(16)21-18)10-13-4-2-1-3-5-13/h1-6,9,11-12,15H,7-8,10H2. The van der Waals surface area contributed by atoms with E-state index >= 15 is 0 Å². The largest absolute Gasteiger partial charge is 0.453 e. The Hall–Kier alpha value is -2.35. The van der Waals surface area contributed by atoms with E-state index in [9.17, 15) is 4.79 Å². The van der Waals surface area contributed by atoms with Crippen molar-refractivity contribution in [2.45, 2.75) is 19.3 Å². The molecule has 2 heteroatoms. The van der Waals surface area contributed by atoms with Crippen LogP contribution in [0.3, 0.4) is 0 Å². The normalized spacial score (nSPS) is 14.5. The van der Waals surface area contributed by atoms with E-state index in [1.54, 1.807) is 0 Å². The van der Waals surface area contributed by atoms with Crippen molar-refractivity contribution in [1.29, 1.82) is 0 Å². The van der Waals surface area contributed by atoms with Gasteiger partial charge in [-0.3, -0.25) is 4.79 Å². The number of carbonyl (C=O) groups excluding carboxylic acids is 1. The van der Waals surface area contributed by atoms with Crippen molar-refractivity contribution in [3.63, 3.8) is 0 Å². The van der Waals surface area contributed by atoms with Gasteiger partial charge >= 0.3 is 0 Å².